The molecule has 5 heteroatoms. The van der Waals surface area contributed by atoms with E-state index in [4.69, 9.17) is 14.7 Å². The molecular weight excluding hydrogens is 268 g/mol. The average molecular weight is 290 g/mol. The third-order valence-electron chi connectivity index (χ3n) is 3.77. The number of rotatable bonds is 6. The van der Waals surface area contributed by atoms with Crippen molar-refractivity contribution in [3.05, 3.63) is 29.8 Å². The molecule has 0 amide bonds. The van der Waals surface area contributed by atoms with E-state index in [1.165, 1.54) is 0 Å². The van der Waals surface area contributed by atoms with Gasteiger partial charge in [0.05, 0.1) is 11.6 Å². The summed E-state index contributed by atoms with van der Waals surface area (Å²) in [6.45, 7) is 4.36. The van der Waals surface area contributed by atoms with Crippen molar-refractivity contribution < 1.29 is 14.6 Å². The molecule has 2 rings (SSSR count). The quantitative estimate of drug-likeness (QED) is 0.829. The van der Waals surface area contributed by atoms with Crippen molar-refractivity contribution in [3.8, 4) is 11.8 Å². The van der Waals surface area contributed by atoms with Crippen molar-refractivity contribution in [3.63, 3.8) is 0 Å². The molecule has 1 aliphatic rings. The number of nitrogens with one attached hydrogen (secondary N) is 1. The molecule has 1 unspecified atom stereocenters. The zero-order valence-corrected chi connectivity index (χ0v) is 12.3. The molecule has 1 heterocycles. The van der Waals surface area contributed by atoms with Crippen molar-refractivity contribution in [1.82, 2.24) is 5.32 Å². The van der Waals surface area contributed by atoms with E-state index in [2.05, 4.69) is 18.3 Å². The lowest BCUT2D eigenvalue weighted by atomic mass is 9.92. The fourth-order valence-corrected chi connectivity index (χ4v) is 2.27. The summed E-state index contributed by atoms with van der Waals surface area (Å²) < 4.78 is 10.9. The second-order valence-corrected chi connectivity index (χ2v) is 5.66. The molecule has 0 saturated carbocycles. The molecule has 2 N–H and O–H groups in total. The first-order valence-electron chi connectivity index (χ1n) is 7.25. The Labute approximate surface area is 125 Å². The van der Waals surface area contributed by atoms with Crippen LogP contribution in [-0.2, 0) is 4.74 Å². The Morgan fingerprint density at radius 2 is 2.24 bits per heavy atom. The smallest absolute Gasteiger partial charge is 0.120 e. The Bertz CT molecular complexity index is 493. The van der Waals surface area contributed by atoms with Crippen molar-refractivity contribution in [1.29, 1.82) is 5.26 Å². The third-order valence-corrected chi connectivity index (χ3v) is 3.77. The lowest BCUT2D eigenvalue weighted by molar-refractivity contribution is 0.0342. The van der Waals surface area contributed by atoms with Gasteiger partial charge in [-0.05, 0) is 38.0 Å². The first kappa shape index (κ1) is 15.8. The summed E-state index contributed by atoms with van der Waals surface area (Å²) in [4.78, 5) is 0. The van der Waals surface area contributed by atoms with Gasteiger partial charge in [0.1, 0.15) is 18.5 Å². The minimum absolute atomic E-state index is 0.0277. The highest BCUT2D eigenvalue weighted by Gasteiger charge is 2.27. The van der Waals surface area contributed by atoms with Gasteiger partial charge in [0, 0.05) is 25.3 Å². The van der Waals surface area contributed by atoms with E-state index in [0.717, 1.165) is 26.1 Å². The zero-order chi connectivity index (χ0) is 15.1. The van der Waals surface area contributed by atoms with E-state index in [0.29, 0.717) is 17.9 Å². The van der Waals surface area contributed by atoms with Crippen LogP contribution in [0.2, 0.25) is 0 Å². The van der Waals surface area contributed by atoms with Gasteiger partial charge in [-0.1, -0.05) is 6.07 Å². The molecule has 1 aromatic carbocycles. The van der Waals surface area contributed by atoms with E-state index in [9.17, 15) is 5.11 Å². The van der Waals surface area contributed by atoms with E-state index in [1.807, 2.05) is 0 Å². The number of β-amino-alcohol motifs (C(OH)–C–C–N with tert-alkyl or cyclic N) is 1. The molecule has 0 spiro atoms. The Kier molecular flexibility index (Phi) is 5.57. The fourth-order valence-electron chi connectivity index (χ4n) is 2.27. The summed E-state index contributed by atoms with van der Waals surface area (Å²) in [6, 6.07) is 8.99. The SMILES string of the molecule is CC1(NCC(O)COc2cccc(C#N)c2)CCOCC1. The highest BCUT2D eigenvalue weighted by Crippen LogP contribution is 2.19. The Hall–Kier alpha value is -1.61. The van der Waals surface area contributed by atoms with Crippen molar-refractivity contribution >= 4 is 0 Å². The summed E-state index contributed by atoms with van der Waals surface area (Å²) in [5.41, 5.74) is 0.579. The molecule has 21 heavy (non-hydrogen) atoms. The molecule has 0 bridgehead atoms. The first-order chi connectivity index (χ1) is 10.1. The number of aliphatic hydroxyl groups excluding tert-OH is 1. The molecule has 0 aliphatic carbocycles. The normalized spacial score (nSPS) is 18.7. The van der Waals surface area contributed by atoms with E-state index >= 15 is 0 Å². The number of hydrogen-bond acceptors (Lipinski definition) is 5. The molecule has 1 atom stereocenters. The standard InChI is InChI=1S/C16H22N2O3/c1-16(5-7-20-8-6-16)18-11-14(19)12-21-15-4-2-3-13(9-15)10-17/h2-4,9,14,18-19H,5-8,11-12H2,1H3. The van der Waals surface area contributed by atoms with Crippen LogP contribution in [0.15, 0.2) is 24.3 Å². The maximum atomic E-state index is 10.00. The Balaban J connectivity index is 1.74. The number of nitrogens with zero attached hydrogens (tertiary/aromatic N) is 1. The van der Waals surface area contributed by atoms with Gasteiger partial charge in [-0.2, -0.15) is 5.26 Å². The fraction of sp³-hybridized carbons (Fsp3) is 0.562. The van der Waals surface area contributed by atoms with Gasteiger partial charge in [0.15, 0.2) is 0 Å². The van der Waals surface area contributed by atoms with Crippen LogP contribution in [0.4, 0.5) is 0 Å². The minimum atomic E-state index is -0.588. The molecule has 5 nitrogen and oxygen atoms in total. The Morgan fingerprint density at radius 3 is 2.95 bits per heavy atom. The number of ether oxygens (including phenoxy) is 2. The van der Waals surface area contributed by atoms with Crippen LogP contribution < -0.4 is 10.1 Å². The maximum absolute atomic E-state index is 10.00. The van der Waals surface area contributed by atoms with Gasteiger partial charge >= 0.3 is 0 Å². The van der Waals surface area contributed by atoms with Crippen LogP contribution in [-0.4, -0.2) is 43.1 Å². The van der Waals surface area contributed by atoms with Crippen LogP contribution in [0.3, 0.4) is 0 Å². The van der Waals surface area contributed by atoms with E-state index in [1.54, 1.807) is 24.3 Å². The van der Waals surface area contributed by atoms with Crippen molar-refractivity contribution in [2.75, 3.05) is 26.4 Å². The molecule has 0 radical (unpaired) electrons. The number of hydrogen-bond donors (Lipinski definition) is 2. The average Bonchev–Trinajstić information content (AvgIpc) is 2.52. The van der Waals surface area contributed by atoms with Crippen molar-refractivity contribution in [2.24, 2.45) is 0 Å². The van der Waals surface area contributed by atoms with Crippen LogP contribution in [0.1, 0.15) is 25.3 Å². The predicted octanol–water partition coefficient (Wildman–Crippen LogP) is 1.46. The molecule has 1 aliphatic heterocycles. The van der Waals surface area contributed by atoms with Gasteiger partial charge in [-0.25, -0.2) is 0 Å². The van der Waals surface area contributed by atoms with Gasteiger partial charge in [0.25, 0.3) is 0 Å². The summed E-state index contributed by atoms with van der Waals surface area (Å²) in [7, 11) is 0. The van der Waals surface area contributed by atoms with Gasteiger partial charge in [0.2, 0.25) is 0 Å². The first-order valence-corrected chi connectivity index (χ1v) is 7.25. The molecular formula is C16H22N2O3. The summed E-state index contributed by atoms with van der Waals surface area (Å²) in [6.07, 6.45) is 1.31. The zero-order valence-electron chi connectivity index (χ0n) is 12.3. The highest BCUT2D eigenvalue weighted by atomic mass is 16.5. The molecule has 114 valence electrons. The predicted molar refractivity (Wildman–Crippen MR) is 79.1 cm³/mol. The lowest BCUT2D eigenvalue weighted by Gasteiger charge is -2.35. The Morgan fingerprint density at radius 1 is 1.48 bits per heavy atom. The molecule has 1 saturated heterocycles. The highest BCUT2D eigenvalue weighted by molar-refractivity contribution is 5.36. The minimum Gasteiger partial charge on any atom is -0.491 e. The summed E-state index contributed by atoms with van der Waals surface area (Å²) in [5.74, 6) is 0.602. The number of aliphatic hydroxyl groups is 1. The van der Waals surface area contributed by atoms with Crippen LogP contribution >= 0.6 is 0 Å². The van der Waals surface area contributed by atoms with Crippen LogP contribution in [0.5, 0.6) is 5.75 Å². The number of nitriles is 1. The largest absolute Gasteiger partial charge is 0.491 e. The van der Waals surface area contributed by atoms with Crippen LogP contribution in [0, 0.1) is 11.3 Å². The van der Waals surface area contributed by atoms with E-state index < -0.39 is 6.10 Å². The lowest BCUT2D eigenvalue weighted by Crippen LogP contribution is -2.50. The summed E-state index contributed by atoms with van der Waals surface area (Å²) >= 11 is 0. The second kappa shape index (κ2) is 7.41. The van der Waals surface area contributed by atoms with E-state index in [-0.39, 0.29) is 12.1 Å². The third kappa shape index (κ3) is 5.01. The van der Waals surface area contributed by atoms with Gasteiger partial charge in [-0.3, -0.25) is 0 Å². The second-order valence-electron chi connectivity index (χ2n) is 5.66. The molecule has 1 aromatic rings. The summed E-state index contributed by atoms with van der Waals surface area (Å²) in [5, 5.41) is 22.2. The maximum Gasteiger partial charge on any atom is 0.120 e. The molecule has 0 aromatic heterocycles. The van der Waals surface area contributed by atoms with Gasteiger partial charge < -0.3 is 19.9 Å². The van der Waals surface area contributed by atoms with Crippen LogP contribution in [0.25, 0.3) is 0 Å². The van der Waals surface area contributed by atoms with Gasteiger partial charge in [-0.15, -0.1) is 0 Å². The number of benzene rings is 1. The topological polar surface area (TPSA) is 74.5 Å². The monoisotopic (exact) mass is 290 g/mol. The van der Waals surface area contributed by atoms with Crippen molar-refractivity contribution in [2.45, 2.75) is 31.4 Å². The molecule has 1 fully saturated rings.